The third kappa shape index (κ3) is 5.86. The van der Waals surface area contributed by atoms with Gasteiger partial charge in [0, 0.05) is 19.6 Å². The summed E-state index contributed by atoms with van der Waals surface area (Å²) >= 11 is 0. The molecule has 2 nitrogen and oxygen atoms in total. The van der Waals surface area contributed by atoms with Gasteiger partial charge in [-0.1, -0.05) is 40.0 Å². The number of rotatable bonds is 7. The third-order valence-corrected chi connectivity index (χ3v) is 3.64. The summed E-state index contributed by atoms with van der Waals surface area (Å²) in [7, 11) is 0. The van der Waals surface area contributed by atoms with Crippen molar-refractivity contribution in [3.63, 3.8) is 0 Å². The average Bonchev–Trinajstić information content (AvgIpc) is 2.24. The Kier molecular flexibility index (Phi) is 6.37. The molecule has 1 aliphatic carbocycles. The van der Waals surface area contributed by atoms with Crippen molar-refractivity contribution in [3.05, 3.63) is 0 Å². The monoisotopic (exact) mass is 226 g/mol. The zero-order valence-electron chi connectivity index (χ0n) is 11.4. The lowest BCUT2D eigenvalue weighted by Crippen LogP contribution is -2.37. The van der Waals surface area contributed by atoms with Crippen LogP contribution in [-0.4, -0.2) is 26.2 Å². The second-order valence-electron chi connectivity index (χ2n) is 6.15. The van der Waals surface area contributed by atoms with Gasteiger partial charge in [0.25, 0.3) is 0 Å². The molecular formula is C14H30N2. The van der Waals surface area contributed by atoms with Crippen molar-refractivity contribution >= 4 is 0 Å². The lowest BCUT2D eigenvalue weighted by molar-refractivity contribution is 0.208. The van der Waals surface area contributed by atoms with E-state index in [1.54, 1.807) is 0 Å². The summed E-state index contributed by atoms with van der Waals surface area (Å²) in [5, 5.41) is 7.08. The van der Waals surface area contributed by atoms with E-state index >= 15 is 0 Å². The molecule has 0 spiro atoms. The van der Waals surface area contributed by atoms with Crippen LogP contribution < -0.4 is 10.6 Å². The fraction of sp³-hybridized carbons (Fsp3) is 1.00. The van der Waals surface area contributed by atoms with Crippen molar-refractivity contribution < 1.29 is 0 Å². The minimum absolute atomic E-state index is 0.580. The predicted octanol–water partition coefficient (Wildman–Crippen LogP) is 2.79. The summed E-state index contributed by atoms with van der Waals surface area (Å²) in [6, 6.07) is 0. The molecular weight excluding hydrogens is 196 g/mol. The summed E-state index contributed by atoms with van der Waals surface area (Å²) in [5.41, 5.74) is 0.580. The number of nitrogens with one attached hydrogen (secondary N) is 2. The van der Waals surface area contributed by atoms with E-state index < -0.39 is 0 Å². The summed E-state index contributed by atoms with van der Waals surface area (Å²) in [6.07, 6.45) is 7.15. The molecule has 0 aromatic carbocycles. The highest BCUT2D eigenvalue weighted by Crippen LogP contribution is 2.34. The lowest BCUT2D eigenvalue weighted by Gasteiger charge is -2.33. The highest BCUT2D eigenvalue weighted by atomic mass is 14.9. The highest BCUT2D eigenvalue weighted by Gasteiger charge is 2.25. The van der Waals surface area contributed by atoms with Gasteiger partial charge in [-0.2, -0.15) is 0 Å². The molecule has 0 aromatic heterocycles. The van der Waals surface area contributed by atoms with E-state index in [-0.39, 0.29) is 0 Å². The number of hydrogen-bond donors (Lipinski definition) is 2. The molecule has 0 aliphatic heterocycles. The number of hydrogen-bond acceptors (Lipinski definition) is 2. The summed E-state index contributed by atoms with van der Waals surface area (Å²) in [4.78, 5) is 0. The maximum atomic E-state index is 3.61. The van der Waals surface area contributed by atoms with Gasteiger partial charge in [0.1, 0.15) is 0 Å². The zero-order chi connectivity index (χ0) is 11.9. The Morgan fingerprint density at radius 1 is 1.00 bits per heavy atom. The van der Waals surface area contributed by atoms with Crippen molar-refractivity contribution in [2.24, 2.45) is 11.3 Å². The van der Waals surface area contributed by atoms with Crippen molar-refractivity contribution in [2.75, 3.05) is 26.2 Å². The standard InChI is InChI=1S/C14H30N2/c1-13(2)11-15-9-10-16-12-14(3)7-5-4-6-8-14/h13,15-16H,4-12H2,1-3H3. The van der Waals surface area contributed by atoms with Gasteiger partial charge in [-0.3, -0.25) is 0 Å². The van der Waals surface area contributed by atoms with Crippen molar-refractivity contribution in [2.45, 2.75) is 52.9 Å². The van der Waals surface area contributed by atoms with Gasteiger partial charge in [0.15, 0.2) is 0 Å². The van der Waals surface area contributed by atoms with E-state index in [9.17, 15) is 0 Å². The van der Waals surface area contributed by atoms with E-state index in [1.165, 1.54) is 38.6 Å². The van der Waals surface area contributed by atoms with Crippen LogP contribution >= 0.6 is 0 Å². The van der Waals surface area contributed by atoms with Gasteiger partial charge >= 0.3 is 0 Å². The lowest BCUT2D eigenvalue weighted by atomic mass is 9.76. The molecule has 1 fully saturated rings. The average molecular weight is 226 g/mol. The Labute approximate surface area is 102 Å². The Hall–Kier alpha value is -0.0800. The molecule has 0 aromatic rings. The van der Waals surface area contributed by atoms with Crippen LogP contribution in [0.2, 0.25) is 0 Å². The summed E-state index contributed by atoms with van der Waals surface area (Å²) < 4.78 is 0. The van der Waals surface area contributed by atoms with E-state index in [4.69, 9.17) is 0 Å². The topological polar surface area (TPSA) is 24.1 Å². The Bertz CT molecular complexity index is 172. The molecule has 0 heterocycles. The normalized spacial score (nSPS) is 20.2. The van der Waals surface area contributed by atoms with Gasteiger partial charge < -0.3 is 10.6 Å². The molecule has 1 saturated carbocycles. The highest BCUT2D eigenvalue weighted by molar-refractivity contribution is 4.80. The first-order valence-corrected chi connectivity index (χ1v) is 7.04. The van der Waals surface area contributed by atoms with Gasteiger partial charge in [-0.05, 0) is 30.7 Å². The van der Waals surface area contributed by atoms with Crippen LogP contribution in [0, 0.1) is 11.3 Å². The maximum Gasteiger partial charge on any atom is 0.00769 e. The minimum atomic E-state index is 0.580. The molecule has 1 aliphatic rings. The largest absolute Gasteiger partial charge is 0.315 e. The molecule has 0 atom stereocenters. The van der Waals surface area contributed by atoms with E-state index in [0.717, 1.165) is 25.6 Å². The molecule has 2 N–H and O–H groups in total. The SMILES string of the molecule is CC(C)CNCCNCC1(C)CCCCC1. The van der Waals surface area contributed by atoms with Gasteiger partial charge in [-0.15, -0.1) is 0 Å². The summed E-state index contributed by atoms with van der Waals surface area (Å²) in [6.45, 7) is 11.5. The van der Waals surface area contributed by atoms with Crippen molar-refractivity contribution in [3.8, 4) is 0 Å². The molecule has 1 rings (SSSR count). The second kappa shape index (κ2) is 7.29. The van der Waals surface area contributed by atoms with Gasteiger partial charge in [0.2, 0.25) is 0 Å². The molecule has 2 heteroatoms. The van der Waals surface area contributed by atoms with Crippen LogP contribution in [0.15, 0.2) is 0 Å². The van der Waals surface area contributed by atoms with E-state index in [1.807, 2.05) is 0 Å². The van der Waals surface area contributed by atoms with Crippen LogP contribution in [0.3, 0.4) is 0 Å². The smallest absolute Gasteiger partial charge is 0.00769 e. The predicted molar refractivity (Wildman–Crippen MR) is 71.8 cm³/mol. The van der Waals surface area contributed by atoms with Crippen molar-refractivity contribution in [1.82, 2.24) is 10.6 Å². The Morgan fingerprint density at radius 3 is 2.25 bits per heavy atom. The minimum Gasteiger partial charge on any atom is -0.315 e. The first-order valence-electron chi connectivity index (χ1n) is 7.04. The fourth-order valence-electron chi connectivity index (χ4n) is 2.54. The van der Waals surface area contributed by atoms with Crippen LogP contribution in [0.1, 0.15) is 52.9 Å². The first kappa shape index (κ1) is 14.0. The molecule has 0 amide bonds. The fourth-order valence-corrected chi connectivity index (χ4v) is 2.54. The van der Waals surface area contributed by atoms with Gasteiger partial charge in [0.05, 0.1) is 0 Å². The second-order valence-corrected chi connectivity index (χ2v) is 6.15. The molecule has 0 saturated heterocycles. The van der Waals surface area contributed by atoms with Crippen LogP contribution in [0.25, 0.3) is 0 Å². The first-order chi connectivity index (χ1) is 7.62. The van der Waals surface area contributed by atoms with Gasteiger partial charge in [-0.25, -0.2) is 0 Å². The van der Waals surface area contributed by atoms with E-state index in [2.05, 4.69) is 31.4 Å². The Balaban J connectivity index is 1.97. The quantitative estimate of drug-likeness (QED) is 0.652. The Morgan fingerprint density at radius 2 is 1.62 bits per heavy atom. The van der Waals surface area contributed by atoms with Crippen LogP contribution in [0.5, 0.6) is 0 Å². The molecule has 0 unspecified atom stereocenters. The molecule has 0 radical (unpaired) electrons. The molecule has 96 valence electrons. The maximum absolute atomic E-state index is 3.61. The summed E-state index contributed by atoms with van der Waals surface area (Å²) in [5.74, 6) is 0.760. The third-order valence-electron chi connectivity index (χ3n) is 3.64. The molecule has 0 bridgehead atoms. The zero-order valence-corrected chi connectivity index (χ0v) is 11.4. The molecule has 16 heavy (non-hydrogen) atoms. The van der Waals surface area contributed by atoms with Crippen molar-refractivity contribution in [1.29, 1.82) is 0 Å². The van der Waals surface area contributed by atoms with Crippen LogP contribution in [0.4, 0.5) is 0 Å². The van der Waals surface area contributed by atoms with Crippen LogP contribution in [-0.2, 0) is 0 Å². The van der Waals surface area contributed by atoms with E-state index in [0.29, 0.717) is 5.41 Å².